The minimum Gasteiger partial charge on any atom is -0.291 e. The summed E-state index contributed by atoms with van der Waals surface area (Å²) in [4.78, 5) is 0. The number of halogens is 1. The van der Waals surface area contributed by atoms with Crippen LogP contribution in [0.5, 0.6) is 0 Å². The van der Waals surface area contributed by atoms with Gasteiger partial charge in [-0.05, 0) is 24.3 Å². The van der Waals surface area contributed by atoms with Crippen LogP contribution in [-0.4, -0.2) is 13.5 Å². The maximum Gasteiger partial charge on any atom is 0.167 e. The lowest BCUT2D eigenvalue weighted by Crippen LogP contribution is -2.29. The zero-order valence-electron chi connectivity index (χ0n) is 9.44. The van der Waals surface area contributed by atoms with E-state index in [4.69, 9.17) is 5.41 Å². The summed E-state index contributed by atoms with van der Waals surface area (Å²) in [6.45, 7) is 0. The molecule has 0 unspecified atom stereocenters. The van der Waals surface area contributed by atoms with Gasteiger partial charge in [-0.2, -0.15) is 0 Å². The topological polar surface area (TPSA) is 25.6 Å². The first kappa shape index (κ1) is 11.6. The summed E-state index contributed by atoms with van der Waals surface area (Å²) in [6.07, 6.45) is 2.41. The van der Waals surface area contributed by atoms with Crippen molar-refractivity contribution in [1.82, 2.24) is 0 Å². The molecule has 0 saturated carbocycles. The van der Waals surface area contributed by atoms with E-state index in [9.17, 15) is 4.39 Å². The quantitative estimate of drug-likeness (QED) is 0.580. The van der Waals surface area contributed by atoms with Gasteiger partial charge in [-0.25, -0.2) is 10.7 Å². The third-order valence-corrected chi connectivity index (χ3v) is 2.62. The average molecular weight is 225 g/mol. The highest BCUT2D eigenvalue weighted by Gasteiger charge is 1.90. The van der Waals surface area contributed by atoms with E-state index in [0.717, 1.165) is 17.3 Å². The molecule has 0 spiro atoms. The van der Waals surface area contributed by atoms with E-state index < -0.39 is 0 Å². The maximum absolute atomic E-state index is 12.7. The highest BCUT2D eigenvalue weighted by molar-refractivity contribution is 6.52. The molecular weight excluding hydrogens is 212 g/mol. The molecule has 17 heavy (non-hydrogen) atoms. The normalized spacial score (nSPS) is 10.2. The fourth-order valence-electron chi connectivity index (χ4n) is 1.60. The summed E-state index contributed by atoms with van der Waals surface area (Å²) in [7, 11) is 2.07. The van der Waals surface area contributed by atoms with Crippen LogP contribution in [0.1, 0.15) is 11.1 Å². The molecule has 0 aromatic heterocycles. The Hall–Kier alpha value is -1.90. The maximum atomic E-state index is 12.7. The van der Waals surface area contributed by atoms with Crippen LogP contribution in [0.25, 0.3) is 0 Å². The molecule has 2 aromatic rings. The molecule has 0 saturated heterocycles. The van der Waals surface area contributed by atoms with Crippen LogP contribution in [0.15, 0.2) is 48.5 Å². The summed E-state index contributed by atoms with van der Waals surface area (Å²) >= 11 is 0. The Bertz CT molecular complexity index is 491. The van der Waals surface area contributed by atoms with E-state index >= 15 is 0 Å². The lowest BCUT2D eigenvalue weighted by molar-refractivity contribution is -0.104. The third-order valence-electron chi connectivity index (χ3n) is 2.62. The van der Waals surface area contributed by atoms with Crippen molar-refractivity contribution < 1.29 is 9.80 Å². The molecule has 2 radical (unpaired) electrons. The molecule has 2 rings (SSSR count). The van der Waals surface area contributed by atoms with Crippen molar-refractivity contribution in [1.29, 1.82) is 0 Å². The second-order valence-corrected chi connectivity index (χ2v) is 3.87. The van der Waals surface area contributed by atoms with Crippen molar-refractivity contribution in [2.45, 2.75) is 6.32 Å². The number of rotatable bonds is 4. The average Bonchev–Trinajstić information content (AvgIpc) is 2.39. The SMILES string of the molecule is [NH2+]=Cc1ccc(C[B-]c2ccc(F)cc2)cc1. The summed E-state index contributed by atoms with van der Waals surface area (Å²) in [5.74, 6) is -0.204. The van der Waals surface area contributed by atoms with E-state index in [1.165, 1.54) is 17.7 Å². The van der Waals surface area contributed by atoms with Crippen LogP contribution >= 0.6 is 0 Å². The van der Waals surface area contributed by atoms with Crippen molar-refractivity contribution in [3.05, 3.63) is 65.5 Å². The van der Waals surface area contributed by atoms with Gasteiger partial charge in [0, 0.05) is 5.56 Å². The molecule has 84 valence electrons. The van der Waals surface area contributed by atoms with Crippen LogP contribution in [0.3, 0.4) is 0 Å². The van der Waals surface area contributed by atoms with Gasteiger partial charge in [0.15, 0.2) is 6.21 Å². The lowest BCUT2D eigenvalue weighted by atomic mass is 9.65. The van der Waals surface area contributed by atoms with Crippen LogP contribution in [-0.2, 0) is 6.32 Å². The molecule has 0 bridgehead atoms. The minimum absolute atomic E-state index is 0.204. The van der Waals surface area contributed by atoms with Gasteiger partial charge in [0.2, 0.25) is 0 Å². The summed E-state index contributed by atoms with van der Waals surface area (Å²) < 4.78 is 12.7. The molecule has 1 nitrogen and oxygen atoms in total. The molecule has 0 atom stereocenters. The van der Waals surface area contributed by atoms with Gasteiger partial charge >= 0.3 is 0 Å². The lowest BCUT2D eigenvalue weighted by Gasteiger charge is -2.15. The van der Waals surface area contributed by atoms with Crippen molar-refractivity contribution in [3.8, 4) is 0 Å². The first-order chi connectivity index (χ1) is 8.28. The Balaban J connectivity index is 1.97. The predicted molar refractivity (Wildman–Crippen MR) is 69.0 cm³/mol. The fourth-order valence-corrected chi connectivity index (χ4v) is 1.60. The van der Waals surface area contributed by atoms with Gasteiger partial charge in [-0.1, -0.05) is 17.7 Å². The number of nitrogens with two attached hydrogens (primary N) is 1. The fraction of sp³-hybridized carbons (Fsp3) is 0.0714. The Labute approximate surface area is 101 Å². The second-order valence-electron chi connectivity index (χ2n) is 3.87. The zero-order chi connectivity index (χ0) is 12.1. The third kappa shape index (κ3) is 3.28. The van der Waals surface area contributed by atoms with E-state index in [1.54, 1.807) is 18.3 Å². The van der Waals surface area contributed by atoms with Crippen LogP contribution in [0.2, 0.25) is 0 Å². The van der Waals surface area contributed by atoms with Gasteiger partial charge in [-0.15, -0.1) is 12.1 Å². The van der Waals surface area contributed by atoms with E-state index in [1.807, 2.05) is 24.3 Å². The highest BCUT2D eigenvalue weighted by atomic mass is 19.1. The molecule has 2 N–H and O–H groups in total. The van der Waals surface area contributed by atoms with Crippen LogP contribution < -0.4 is 10.9 Å². The van der Waals surface area contributed by atoms with Crippen molar-refractivity contribution >= 4 is 19.0 Å². The molecular formula is C14H13BFN. The first-order valence-corrected chi connectivity index (χ1v) is 5.50. The van der Waals surface area contributed by atoms with Crippen LogP contribution in [0, 0.1) is 5.82 Å². The second kappa shape index (κ2) is 5.44. The molecule has 0 heterocycles. The van der Waals surface area contributed by atoms with E-state index in [0.29, 0.717) is 0 Å². The molecule has 0 amide bonds. The summed E-state index contributed by atoms with van der Waals surface area (Å²) in [6, 6.07) is 14.5. The molecule has 0 aliphatic rings. The van der Waals surface area contributed by atoms with Crippen molar-refractivity contribution in [2.24, 2.45) is 0 Å². The zero-order valence-corrected chi connectivity index (χ0v) is 9.44. The van der Waals surface area contributed by atoms with Gasteiger partial charge in [0.1, 0.15) is 5.82 Å². The Morgan fingerprint density at radius 2 is 1.65 bits per heavy atom. The van der Waals surface area contributed by atoms with E-state index in [-0.39, 0.29) is 5.82 Å². The highest BCUT2D eigenvalue weighted by Crippen LogP contribution is 2.02. The molecule has 3 heteroatoms. The van der Waals surface area contributed by atoms with Gasteiger partial charge in [-0.3, -0.25) is 18.2 Å². The molecule has 0 fully saturated rings. The number of hydrogen-bond donors (Lipinski definition) is 1. The Kier molecular flexibility index (Phi) is 3.71. The summed E-state index contributed by atoms with van der Waals surface area (Å²) in [5.41, 5.74) is 3.25. The molecule has 2 aromatic carbocycles. The predicted octanol–water partition coefficient (Wildman–Crippen LogP) is 0.533. The van der Waals surface area contributed by atoms with Gasteiger partial charge < -0.3 is 0 Å². The largest absolute Gasteiger partial charge is 0.291 e. The monoisotopic (exact) mass is 225 g/mol. The number of hydrogen-bond acceptors (Lipinski definition) is 0. The number of benzene rings is 2. The Morgan fingerprint density at radius 3 is 2.24 bits per heavy atom. The molecule has 0 aliphatic carbocycles. The van der Waals surface area contributed by atoms with Crippen molar-refractivity contribution in [3.63, 3.8) is 0 Å². The molecule has 0 aliphatic heterocycles. The van der Waals surface area contributed by atoms with Gasteiger partial charge in [0.25, 0.3) is 0 Å². The first-order valence-electron chi connectivity index (χ1n) is 5.50. The summed E-state index contributed by atoms with van der Waals surface area (Å²) in [5, 5.41) is 5.41. The van der Waals surface area contributed by atoms with Gasteiger partial charge in [0.05, 0.1) is 0 Å². The van der Waals surface area contributed by atoms with Crippen LogP contribution in [0.4, 0.5) is 4.39 Å². The Morgan fingerprint density at radius 1 is 1.00 bits per heavy atom. The smallest absolute Gasteiger partial charge is 0.167 e. The van der Waals surface area contributed by atoms with E-state index in [2.05, 4.69) is 7.28 Å². The van der Waals surface area contributed by atoms with Crippen molar-refractivity contribution in [2.75, 3.05) is 0 Å². The minimum atomic E-state index is -0.204. The standard InChI is InChI=1S/C14H12BFN/c16-14-7-5-13(6-8-14)15-9-11-1-3-12(10-17)4-2-11/h1-8,10,17H,9H2/q-1/p+1.